The lowest BCUT2D eigenvalue weighted by atomic mass is 10.1. The molecule has 2 atom stereocenters. The molecule has 142 valence electrons. The van der Waals surface area contributed by atoms with Crippen LogP contribution in [0.4, 0.5) is 18.9 Å². The van der Waals surface area contributed by atoms with Gasteiger partial charge < -0.3 is 16.0 Å². The highest BCUT2D eigenvalue weighted by Gasteiger charge is 2.34. The molecule has 0 aliphatic carbocycles. The number of carbonyl (C=O) groups excluding carboxylic acids is 3. The number of halogens is 3. The van der Waals surface area contributed by atoms with Crippen LogP contribution in [0.5, 0.6) is 0 Å². The molecule has 0 saturated heterocycles. The Bertz CT molecular complexity index is 724. The standard InChI is InChI=1S/C16H18F3N3O3S/c1-3-20-14(24)8(2)21-13(23)7-12-15(25)22-10-6-9(16(17,18)19)4-5-11(10)26-12/h4-6,8,12H,3,7H2,1-2H3,(H,20,24)(H,21,23)(H,22,25). The average molecular weight is 389 g/mol. The van der Waals surface area contributed by atoms with Gasteiger partial charge in [-0.15, -0.1) is 11.8 Å². The van der Waals surface area contributed by atoms with Crippen molar-refractivity contribution in [2.24, 2.45) is 0 Å². The van der Waals surface area contributed by atoms with Gasteiger partial charge in [0.15, 0.2) is 0 Å². The van der Waals surface area contributed by atoms with Crippen molar-refractivity contribution in [3.63, 3.8) is 0 Å². The number of amides is 3. The number of carbonyl (C=O) groups is 3. The van der Waals surface area contributed by atoms with Crippen LogP contribution < -0.4 is 16.0 Å². The van der Waals surface area contributed by atoms with Gasteiger partial charge in [0.05, 0.1) is 16.5 Å². The summed E-state index contributed by atoms with van der Waals surface area (Å²) < 4.78 is 38.2. The molecule has 10 heteroatoms. The van der Waals surface area contributed by atoms with Crippen molar-refractivity contribution in [3.05, 3.63) is 23.8 Å². The SMILES string of the molecule is CCNC(=O)C(C)NC(=O)CC1Sc2ccc(C(F)(F)F)cc2NC1=O. The predicted octanol–water partition coefficient (Wildman–Crippen LogP) is 2.15. The Morgan fingerprint density at radius 1 is 1.35 bits per heavy atom. The zero-order valence-corrected chi connectivity index (χ0v) is 14.9. The van der Waals surface area contributed by atoms with Crippen LogP contribution in [0, 0.1) is 0 Å². The molecule has 3 amide bonds. The van der Waals surface area contributed by atoms with Crippen LogP contribution in [-0.2, 0) is 20.6 Å². The minimum atomic E-state index is -4.50. The monoisotopic (exact) mass is 389 g/mol. The molecule has 1 aliphatic heterocycles. The van der Waals surface area contributed by atoms with Crippen LogP contribution in [-0.4, -0.2) is 35.6 Å². The summed E-state index contributed by atoms with van der Waals surface area (Å²) in [5.41, 5.74) is -0.786. The maximum absolute atomic E-state index is 12.7. The lowest BCUT2D eigenvalue weighted by molar-refractivity contribution is -0.137. The number of thioether (sulfide) groups is 1. The highest BCUT2D eigenvalue weighted by Crippen LogP contribution is 2.40. The van der Waals surface area contributed by atoms with E-state index in [4.69, 9.17) is 0 Å². The van der Waals surface area contributed by atoms with Crippen molar-refractivity contribution in [3.8, 4) is 0 Å². The van der Waals surface area contributed by atoms with Crippen molar-refractivity contribution >= 4 is 35.2 Å². The quantitative estimate of drug-likeness (QED) is 0.720. The van der Waals surface area contributed by atoms with Crippen molar-refractivity contribution < 1.29 is 27.6 Å². The number of benzene rings is 1. The van der Waals surface area contributed by atoms with E-state index in [2.05, 4.69) is 16.0 Å². The lowest BCUT2D eigenvalue weighted by Crippen LogP contribution is -2.46. The first-order valence-corrected chi connectivity index (χ1v) is 8.75. The summed E-state index contributed by atoms with van der Waals surface area (Å²) in [5, 5.41) is 6.67. The van der Waals surface area contributed by atoms with E-state index in [9.17, 15) is 27.6 Å². The normalized spacial score (nSPS) is 17.7. The van der Waals surface area contributed by atoms with Crippen molar-refractivity contribution in [2.45, 2.75) is 42.6 Å². The molecular formula is C16H18F3N3O3S. The van der Waals surface area contributed by atoms with Crippen LogP contribution in [0.15, 0.2) is 23.1 Å². The first-order chi connectivity index (χ1) is 12.1. The Morgan fingerprint density at radius 2 is 2.04 bits per heavy atom. The number of likely N-dealkylation sites (N-methyl/N-ethyl adjacent to an activating group) is 1. The Hall–Kier alpha value is -2.23. The van der Waals surface area contributed by atoms with Gasteiger partial charge in [-0.2, -0.15) is 13.2 Å². The Balaban J connectivity index is 2.02. The molecule has 1 aliphatic rings. The fraction of sp³-hybridized carbons (Fsp3) is 0.438. The van der Waals surface area contributed by atoms with E-state index >= 15 is 0 Å². The molecule has 2 rings (SSSR count). The predicted molar refractivity (Wildman–Crippen MR) is 90.6 cm³/mol. The molecule has 0 bridgehead atoms. The largest absolute Gasteiger partial charge is 0.416 e. The summed E-state index contributed by atoms with van der Waals surface area (Å²) in [7, 11) is 0. The molecular weight excluding hydrogens is 371 g/mol. The number of rotatable bonds is 5. The molecule has 3 N–H and O–H groups in total. The van der Waals surface area contributed by atoms with Crippen LogP contribution in [0.25, 0.3) is 0 Å². The van der Waals surface area contributed by atoms with E-state index in [-0.39, 0.29) is 18.0 Å². The molecule has 0 spiro atoms. The second-order valence-corrected chi connectivity index (χ2v) is 6.94. The van der Waals surface area contributed by atoms with Gasteiger partial charge in [-0.25, -0.2) is 0 Å². The Morgan fingerprint density at radius 3 is 2.65 bits per heavy atom. The number of anilines is 1. The van der Waals surface area contributed by atoms with E-state index in [1.54, 1.807) is 6.92 Å². The third kappa shape index (κ3) is 4.90. The number of nitrogens with one attached hydrogen (secondary N) is 3. The fourth-order valence-electron chi connectivity index (χ4n) is 2.32. The second kappa shape index (κ2) is 7.98. The van der Waals surface area contributed by atoms with Crippen LogP contribution in [0.3, 0.4) is 0 Å². The minimum absolute atomic E-state index is 0.0715. The highest BCUT2D eigenvalue weighted by molar-refractivity contribution is 8.01. The maximum atomic E-state index is 12.7. The van der Waals surface area contributed by atoms with Crippen molar-refractivity contribution in [1.82, 2.24) is 10.6 Å². The zero-order valence-electron chi connectivity index (χ0n) is 14.1. The minimum Gasteiger partial charge on any atom is -0.355 e. The molecule has 1 aromatic rings. The second-order valence-electron chi connectivity index (χ2n) is 5.69. The summed E-state index contributed by atoms with van der Waals surface area (Å²) >= 11 is 1.02. The summed E-state index contributed by atoms with van der Waals surface area (Å²) in [4.78, 5) is 36.2. The topological polar surface area (TPSA) is 87.3 Å². The molecule has 26 heavy (non-hydrogen) atoms. The van der Waals surface area contributed by atoms with Crippen LogP contribution in [0.2, 0.25) is 0 Å². The molecule has 6 nitrogen and oxygen atoms in total. The fourth-order valence-corrected chi connectivity index (χ4v) is 3.41. The molecule has 1 heterocycles. The number of fused-ring (bicyclic) bond motifs is 1. The summed E-state index contributed by atoms with van der Waals surface area (Å²) in [5.74, 6) is -1.39. The zero-order chi connectivity index (χ0) is 19.5. The van der Waals surface area contributed by atoms with Gasteiger partial charge in [0.25, 0.3) is 0 Å². The van der Waals surface area contributed by atoms with E-state index in [1.807, 2.05) is 0 Å². The van der Waals surface area contributed by atoms with Crippen LogP contribution in [0.1, 0.15) is 25.8 Å². The lowest BCUT2D eigenvalue weighted by Gasteiger charge is -2.25. The average Bonchev–Trinajstić information content (AvgIpc) is 2.54. The van der Waals surface area contributed by atoms with E-state index < -0.39 is 34.8 Å². The van der Waals surface area contributed by atoms with Gasteiger partial charge in [0.2, 0.25) is 17.7 Å². The van der Waals surface area contributed by atoms with E-state index in [1.165, 1.54) is 13.0 Å². The van der Waals surface area contributed by atoms with Gasteiger partial charge in [-0.1, -0.05) is 0 Å². The van der Waals surface area contributed by atoms with Gasteiger partial charge >= 0.3 is 6.18 Å². The van der Waals surface area contributed by atoms with Gasteiger partial charge in [-0.05, 0) is 32.0 Å². The first-order valence-electron chi connectivity index (χ1n) is 7.87. The van der Waals surface area contributed by atoms with Crippen molar-refractivity contribution in [2.75, 3.05) is 11.9 Å². The summed E-state index contributed by atoms with van der Waals surface area (Å²) in [6.45, 7) is 3.69. The van der Waals surface area contributed by atoms with Gasteiger partial charge in [0, 0.05) is 17.9 Å². The molecule has 1 aromatic carbocycles. The van der Waals surface area contributed by atoms with Crippen molar-refractivity contribution in [1.29, 1.82) is 0 Å². The molecule has 0 aromatic heterocycles. The third-order valence-electron chi connectivity index (χ3n) is 3.62. The third-order valence-corrected chi connectivity index (χ3v) is 4.89. The molecule has 0 radical (unpaired) electrons. The molecule has 0 saturated carbocycles. The highest BCUT2D eigenvalue weighted by atomic mass is 32.2. The smallest absolute Gasteiger partial charge is 0.355 e. The summed E-state index contributed by atoms with van der Waals surface area (Å²) in [6, 6.07) is 2.32. The van der Waals surface area contributed by atoms with Crippen LogP contribution >= 0.6 is 11.8 Å². The summed E-state index contributed by atoms with van der Waals surface area (Å²) in [6.07, 6.45) is -4.70. The molecule has 0 fully saturated rings. The maximum Gasteiger partial charge on any atom is 0.416 e. The number of hydrogen-bond acceptors (Lipinski definition) is 4. The first kappa shape index (κ1) is 20.1. The Kier molecular flexibility index (Phi) is 6.17. The van der Waals surface area contributed by atoms with E-state index in [0.29, 0.717) is 11.4 Å². The van der Waals surface area contributed by atoms with E-state index in [0.717, 1.165) is 23.9 Å². The van der Waals surface area contributed by atoms with Gasteiger partial charge in [0.1, 0.15) is 6.04 Å². The number of alkyl halides is 3. The number of hydrogen-bond donors (Lipinski definition) is 3. The Labute approximate surface area is 152 Å². The molecule has 2 unspecified atom stereocenters. The van der Waals surface area contributed by atoms with Gasteiger partial charge in [-0.3, -0.25) is 14.4 Å².